The zero-order chi connectivity index (χ0) is 21.3. The molecule has 0 saturated carbocycles. The van der Waals surface area contributed by atoms with Crippen molar-refractivity contribution in [2.75, 3.05) is 4.72 Å². The number of aromatic nitrogens is 2. The zero-order valence-electron chi connectivity index (χ0n) is 16.1. The summed E-state index contributed by atoms with van der Waals surface area (Å²) in [6.45, 7) is 2.42. The van der Waals surface area contributed by atoms with Gasteiger partial charge in [0.2, 0.25) is 0 Å². The molecular formula is C22H19ClN4O2S. The van der Waals surface area contributed by atoms with Crippen LogP contribution >= 0.6 is 23.5 Å². The average molecular weight is 439 g/mol. The summed E-state index contributed by atoms with van der Waals surface area (Å²) in [5.74, 6) is 0. The number of anilines is 1. The highest BCUT2D eigenvalue weighted by molar-refractivity contribution is 8.00. The van der Waals surface area contributed by atoms with Crippen molar-refractivity contribution in [3.63, 3.8) is 0 Å². The summed E-state index contributed by atoms with van der Waals surface area (Å²) in [5.41, 5.74) is 10.4. The first-order valence-corrected chi connectivity index (χ1v) is 10.4. The van der Waals surface area contributed by atoms with E-state index in [2.05, 4.69) is 14.7 Å². The summed E-state index contributed by atoms with van der Waals surface area (Å²) in [6, 6.07) is 17.4. The number of nitrogens with one attached hydrogen (secondary N) is 3. The van der Waals surface area contributed by atoms with Gasteiger partial charge in [-0.3, -0.25) is 9.59 Å². The fourth-order valence-electron chi connectivity index (χ4n) is 3.16. The molecule has 152 valence electrons. The Labute approximate surface area is 181 Å². The van der Waals surface area contributed by atoms with Crippen molar-refractivity contribution in [1.82, 2.24) is 9.97 Å². The van der Waals surface area contributed by atoms with Crippen LogP contribution in [0.15, 0.2) is 69.1 Å². The van der Waals surface area contributed by atoms with E-state index in [1.54, 1.807) is 0 Å². The van der Waals surface area contributed by atoms with Gasteiger partial charge in [-0.05, 0) is 65.9 Å². The number of hydrogen-bond acceptors (Lipinski definition) is 5. The minimum atomic E-state index is -0.670. The van der Waals surface area contributed by atoms with Crippen LogP contribution in [-0.2, 0) is 6.54 Å². The Hall–Kier alpha value is -3.00. The van der Waals surface area contributed by atoms with E-state index in [-0.39, 0.29) is 0 Å². The van der Waals surface area contributed by atoms with Crippen LogP contribution in [0.4, 0.5) is 5.69 Å². The zero-order valence-corrected chi connectivity index (χ0v) is 17.7. The smallest absolute Gasteiger partial charge is 0.314 e. The van der Waals surface area contributed by atoms with Crippen molar-refractivity contribution < 1.29 is 0 Å². The van der Waals surface area contributed by atoms with Gasteiger partial charge in [0.05, 0.1) is 16.1 Å². The van der Waals surface area contributed by atoms with Crippen LogP contribution in [0.3, 0.4) is 0 Å². The maximum atomic E-state index is 11.6. The van der Waals surface area contributed by atoms with Crippen molar-refractivity contribution in [2.45, 2.75) is 18.4 Å². The normalized spacial score (nSPS) is 11.0. The average Bonchev–Trinajstić information content (AvgIpc) is 2.74. The highest BCUT2D eigenvalue weighted by atomic mass is 35.5. The van der Waals surface area contributed by atoms with E-state index < -0.39 is 11.1 Å². The van der Waals surface area contributed by atoms with Gasteiger partial charge in [0, 0.05) is 22.7 Å². The van der Waals surface area contributed by atoms with E-state index in [1.807, 2.05) is 61.5 Å². The van der Waals surface area contributed by atoms with Gasteiger partial charge >= 0.3 is 11.1 Å². The topological polar surface area (TPSA) is 104 Å². The van der Waals surface area contributed by atoms with E-state index in [4.69, 9.17) is 17.3 Å². The maximum Gasteiger partial charge on any atom is 0.314 e. The molecule has 0 bridgehead atoms. The fourth-order valence-corrected chi connectivity index (χ4v) is 4.20. The third kappa shape index (κ3) is 4.14. The second kappa shape index (κ2) is 8.39. The Morgan fingerprint density at radius 3 is 2.43 bits per heavy atom. The van der Waals surface area contributed by atoms with Gasteiger partial charge in [-0.25, -0.2) is 0 Å². The molecule has 0 aliphatic rings. The summed E-state index contributed by atoms with van der Waals surface area (Å²) in [5, 5.41) is 0.631. The van der Waals surface area contributed by atoms with Crippen LogP contribution in [-0.4, -0.2) is 9.97 Å². The molecule has 3 aromatic carbocycles. The lowest BCUT2D eigenvalue weighted by atomic mass is 10.0. The molecule has 0 atom stereocenters. The molecule has 0 spiro atoms. The Morgan fingerprint density at radius 2 is 1.73 bits per heavy atom. The number of hydrogen-bond donors (Lipinski definition) is 4. The molecule has 8 heteroatoms. The van der Waals surface area contributed by atoms with Crippen molar-refractivity contribution in [3.8, 4) is 11.1 Å². The van der Waals surface area contributed by atoms with Crippen LogP contribution in [0.5, 0.6) is 0 Å². The number of H-pyrrole nitrogens is 2. The van der Waals surface area contributed by atoms with Crippen molar-refractivity contribution in [3.05, 3.63) is 91.5 Å². The quantitative estimate of drug-likeness (QED) is 0.273. The highest BCUT2D eigenvalue weighted by Crippen LogP contribution is 2.33. The summed E-state index contributed by atoms with van der Waals surface area (Å²) in [7, 11) is 0. The molecule has 4 aromatic rings. The van der Waals surface area contributed by atoms with E-state index in [1.165, 1.54) is 11.9 Å². The van der Waals surface area contributed by atoms with Crippen LogP contribution < -0.4 is 21.6 Å². The molecule has 4 rings (SSSR count). The molecular weight excluding hydrogens is 420 g/mol. The first-order chi connectivity index (χ1) is 14.4. The predicted octanol–water partition coefficient (Wildman–Crippen LogP) is 4.42. The number of rotatable bonds is 5. The summed E-state index contributed by atoms with van der Waals surface area (Å²) < 4.78 is 3.28. The van der Waals surface area contributed by atoms with E-state index >= 15 is 0 Å². The largest absolute Gasteiger partial charge is 0.326 e. The molecule has 30 heavy (non-hydrogen) atoms. The number of aryl methyl sites for hydroxylation is 1. The molecule has 0 amide bonds. The van der Waals surface area contributed by atoms with Gasteiger partial charge in [0.25, 0.3) is 0 Å². The van der Waals surface area contributed by atoms with Gasteiger partial charge in [-0.1, -0.05) is 35.9 Å². The molecule has 1 heterocycles. The number of aromatic amines is 2. The molecule has 0 aliphatic carbocycles. The summed E-state index contributed by atoms with van der Waals surface area (Å²) in [4.78, 5) is 29.2. The Morgan fingerprint density at radius 1 is 1.00 bits per heavy atom. The molecule has 5 N–H and O–H groups in total. The summed E-state index contributed by atoms with van der Waals surface area (Å²) >= 11 is 7.93. The summed E-state index contributed by atoms with van der Waals surface area (Å²) in [6.07, 6.45) is 0. The third-order valence-corrected chi connectivity index (χ3v) is 6.05. The lowest BCUT2D eigenvalue weighted by Gasteiger charge is -2.12. The highest BCUT2D eigenvalue weighted by Gasteiger charge is 2.08. The van der Waals surface area contributed by atoms with Crippen LogP contribution in [0, 0.1) is 6.92 Å². The lowest BCUT2D eigenvalue weighted by Crippen LogP contribution is -2.28. The number of benzene rings is 3. The molecule has 0 saturated heterocycles. The minimum Gasteiger partial charge on any atom is -0.326 e. The van der Waals surface area contributed by atoms with Crippen molar-refractivity contribution in [1.29, 1.82) is 0 Å². The fraction of sp³-hybridized carbons (Fsp3) is 0.0909. The van der Waals surface area contributed by atoms with Gasteiger partial charge in [-0.15, -0.1) is 0 Å². The number of nitrogens with two attached hydrogens (primary N) is 1. The maximum absolute atomic E-state index is 11.6. The molecule has 0 radical (unpaired) electrons. The number of halogens is 1. The Balaban J connectivity index is 1.57. The van der Waals surface area contributed by atoms with E-state index in [9.17, 15) is 9.59 Å². The van der Waals surface area contributed by atoms with Gasteiger partial charge in [0.1, 0.15) is 0 Å². The second-order valence-corrected chi connectivity index (χ2v) is 8.13. The van der Waals surface area contributed by atoms with Crippen LogP contribution in [0.25, 0.3) is 22.2 Å². The molecule has 6 nitrogen and oxygen atoms in total. The first-order valence-electron chi connectivity index (χ1n) is 9.23. The monoisotopic (exact) mass is 438 g/mol. The van der Waals surface area contributed by atoms with E-state index in [0.717, 1.165) is 32.8 Å². The molecule has 0 unspecified atom stereocenters. The first kappa shape index (κ1) is 20.3. The number of fused-ring (bicyclic) bond motifs is 1. The minimum absolute atomic E-state index is 0.478. The Kier molecular flexibility index (Phi) is 5.67. The predicted molar refractivity (Wildman–Crippen MR) is 124 cm³/mol. The Bertz CT molecular complexity index is 1360. The van der Waals surface area contributed by atoms with Gasteiger partial charge in [0.15, 0.2) is 0 Å². The lowest BCUT2D eigenvalue weighted by molar-refractivity contribution is 1.07. The molecule has 0 aliphatic heterocycles. The van der Waals surface area contributed by atoms with Crippen molar-refractivity contribution >= 4 is 40.3 Å². The van der Waals surface area contributed by atoms with Crippen LogP contribution in [0.1, 0.15) is 11.1 Å². The van der Waals surface area contributed by atoms with Crippen LogP contribution in [0.2, 0.25) is 5.02 Å². The molecule has 0 fully saturated rings. The van der Waals surface area contributed by atoms with E-state index in [0.29, 0.717) is 22.6 Å². The third-order valence-electron chi connectivity index (χ3n) is 4.74. The van der Waals surface area contributed by atoms with Gasteiger partial charge in [-0.2, -0.15) is 0 Å². The second-order valence-electron chi connectivity index (χ2n) is 6.87. The standard InChI is InChI=1S/C22H19ClN4O2S/c1-12-7-18-19(26-22(29)21(28)25-18)10-20(12)30-27-15-5-6-16(17(23)9-15)14-4-2-3-13(8-14)11-24/h2-10,27H,11,24H2,1H3,(H,25,28)(H,26,29). The molecule has 1 aromatic heterocycles. The van der Waals surface area contributed by atoms with Crippen molar-refractivity contribution in [2.24, 2.45) is 5.73 Å². The SMILES string of the molecule is Cc1cc2[nH]c(=O)c(=O)[nH]c2cc1SNc1ccc(-c2cccc(CN)c2)c(Cl)c1. The van der Waals surface area contributed by atoms with Gasteiger partial charge < -0.3 is 20.4 Å².